The summed E-state index contributed by atoms with van der Waals surface area (Å²) < 4.78 is 4.94. The van der Waals surface area contributed by atoms with Crippen molar-refractivity contribution in [3.63, 3.8) is 0 Å². The molecule has 0 amide bonds. The van der Waals surface area contributed by atoms with E-state index in [0.717, 1.165) is 57.7 Å². The minimum Gasteiger partial charge on any atom is -0.466 e. The summed E-state index contributed by atoms with van der Waals surface area (Å²) in [5, 5.41) is 6.93. The predicted molar refractivity (Wildman–Crippen MR) is 111 cm³/mol. The summed E-state index contributed by atoms with van der Waals surface area (Å²) in [4.78, 5) is 18.0. The average molecular weight is 375 g/mol. The number of unbranched alkanes of at least 4 members (excludes halogenated alkanes) is 3. The van der Waals surface area contributed by atoms with Crippen LogP contribution in [0.25, 0.3) is 0 Å². The first kappa shape index (κ1) is 21.1. The molecular formula is C21H34N4O2. The lowest BCUT2D eigenvalue weighted by Crippen LogP contribution is -2.44. The second-order valence-electron chi connectivity index (χ2n) is 6.88. The van der Waals surface area contributed by atoms with Crippen LogP contribution in [0.5, 0.6) is 0 Å². The Bertz CT molecular complexity index is 577. The highest BCUT2D eigenvalue weighted by atomic mass is 16.5. The summed E-state index contributed by atoms with van der Waals surface area (Å²) in [5.41, 5.74) is 1.28. The quantitative estimate of drug-likeness (QED) is 0.285. The van der Waals surface area contributed by atoms with E-state index in [2.05, 4.69) is 50.9 Å². The fourth-order valence-electron chi connectivity index (χ4n) is 3.33. The van der Waals surface area contributed by atoms with Gasteiger partial charge < -0.3 is 20.3 Å². The van der Waals surface area contributed by atoms with Gasteiger partial charge in [-0.2, -0.15) is 0 Å². The number of carbonyl (C=O) groups excluding carboxylic acids is 1. The number of nitrogens with zero attached hydrogens (tertiary/aromatic N) is 2. The highest BCUT2D eigenvalue weighted by molar-refractivity contribution is 5.80. The number of hydrogen-bond donors (Lipinski definition) is 2. The third-order valence-electron chi connectivity index (χ3n) is 4.78. The van der Waals surface area contributed by atoms with E-state index >= 15 is 0 Å². The van der Waals surface area contributed by atoms with E-state index in [1.54, 1.807) is 0 Å². The van der Waals surface area contributed by atoms with Crippen molar-refractivity contribution >= 4 is 17.6 Å². The molecule has 6 heteroatoms. The Labute approximate surface area is 163 Å². The van der Waals surface area contributed by atoms with Crippen molar-refractivity contribution < 1.29 is 9.53 Å². The van der Waals surface area contributed by atoms with Gasteiger partial charge in [-0.15, -0.1) is 0 Å². The summed E-state index contributed by atoms with van der Waals surface area (Å²) in [6.45, 7) is 5.28. The molecule has 1 aliphatic rings. The highest BCUT2D eigenvalue weighted by Gasteiger charge is 2.23. The molecular weight excluding hydrogens is 340 g/mol. The van der Waals surface area contributed by atoms with E-state index in [1.165, 1.54) is 5.69 Å². The largest absolute Gasteiger partial charge is 0.466 e. The minimum atomic E-state index is -0.0821. The molecule has 2 N–H and O–H groups in total. The Morgan fingerprint density at radius 3 is 2.74 bits per heavy atom. The summed E-state index contributed by atoms with van der Waals surface area (Å²) in [6.07, 6.45) is 5.79. The molecule has 1 saturated heterocycles. The van der Waals surface area contributed by atoms with Gasteiger partial charge in [-0.05, 0) is 38.3 Å². The lowest BCUT2D eigenvalue weighted by Gasteiger charge is -2.20. The number of nitrogens with one attached hydrogen (secondary N) is 2. The first-order valence-electron chi connectivity index (χ1n) is 10.2. The summed E-state index contributed by atoms with van der Waals surface area (Å²) >= 11 is 0. The van der Waals surface area contributed by atoms with Crippen LogP contribution < -0.4 is 15.5 Å². The van der Waals surface area contributed by atoms with Crippen molar-refractivity contribution in [2.24, 2.45) is 4.99 Å². The van der Waals surface area contributed by atoms with Gasteiger partial charge in [-0.1, -0.05) is 31.0 Å². The first-order valence-corrected chi connectivity index (χ1v) is 10.2. The first-order chi connectivity index (χ1) is 13.2. The summed E-state index contributed by atoms with van der Waals surface area (Å²) in [6, 6.07) is 11.0. The number of rotatable bonds is 10. The number of ether oxygens (including phenoxy) is 1. The third kappa shape index (κ3) is 7.89. The number of aliphatic imine (C=N–C) groups is 1. The Morgan fingerprint density at radius 1 is 1.22 bits per heavy atom. The van der Waals surface area contributed by atoms with Gasteiger partial charge in [0.2, 0.25) is 0 Å². The van der Waals surface area contributed by atoms with Gasteiger partial charge in [-0.3, -0.25) is 9.79 Å². The Morgan fingerprint density at radius 2 is 2.00 bits per heavy atom. The molecule has 1 heterocycles. The van der Waals surface area contributed by atoms with Crippen LogP contribution in [-0.2, 0) is 9.53 Å². The molecule has 0 saturated carbocycles. The number of anilines is 1. The lowest BCUT2D eigenvalue weighted by molar-refractivity contribution is -0.143. The van der Waals surface area contributed by atoms with Gasteiger partial charge in [0.25, 0.3) is 0 Å². The fourth-order valence-corrected chi connectivity index (χ4v) is 3.33. The van der Waals surface area contributed by atoms with Gasteiger partial charge in [0, 0.05) is 44.8 Å². The topological polar surface area (TPSA) is 66.0 Å². The van der Waals surface area contributed by atoms with Crippen LogP contribution in [0.4, 0.5) is 5.69 Å². The molecule has 0 aliphatic carbocycles. The van der Waals surface area contributed by atoms with E-state index in [9.17, 15) is 4.79 Å². The maximum atomic E-state index is 11.3. The molecule has 0 spiro atoms. The van der Waals surface area contributed by atoms with E-state index in [4.69, 9.17) is 4.74 Å². The summed E-state index contributed by atoms with van der Waals surface area (Å²) in [5.74, 6) is 0.794. The molecule has 1 aliphatic heterocycles. The van der Waals surface area contributed by atoms with Crippen molar-refractivity contribution in [2.75, 3.05) is 38.2 Å². The van der Waals surface area contributed by atoms with Gasteiger partial charge in [0.15, 0.2) is 5.96 Å². The molecule has 1 atom stereocenters. The van der Waals surface area contributed by atoms with E-state index in [1.807, 2.05) is 14.0 Å². The van der Waals surface area contributed by atoms with E-state index in [-0.39, 0.29) is 5.97 Å². The number of hydrogen-bond acceptors (Lipinski definition) is 4. The smallest absolute Gasteiger partial charge is 0.305 e. The normalized spacial score (nSPS) is 17.0. The lowest BCUT2D eigenvalue weighted by atomic mass is 10.1. The van der Waals surface area contributed by atoms with Crippen LogP contribution in [-0.4, -0.2) is 51.3 Å². The molecule has 1 aromatic rings. The average Bonchev–Trinajstić information content (AvgIpc) is 3.15. The molecule has 0 bridgehead atoms. The molecule has 150 valence electrons. The third-order valence-corrected chi connectivity index (χ3v) is 4.78. The van der Waals surface area contributed by atoms with Crippen molar-refractivity contribution in [1.82, 2.24) is 10.6 Å². The number of benzene rings is 1. The molecule has 0 aromatic heterocycles. The zero-order chi connectivity index (χ0) is 19.3. The molecule has 1 aromatic carbocycles. The Kier molecular flexibility index (Phi) is 9.52. The number of esters is 1. The maximum Gasteiger partial charge on any atom is 0.305 e. The monoisotopic (exact) mass is 374 g/mol. The number of carbonyl (C=O) groups is 1. The van der Waals surface area contributed by atoms with Gasteiger partial charge in [0.1, 0.15) is 0 Å². The standard InChI is InChI=1S/C21H34N4O2/c1-3-27-20(26)13-9-4-5-10-15-23-21(22-2)24-18-14-16-25(17-18)19-11-7-6-8-12-19/h6-8,11-12,18H,3-5,9-10,13-17H2,1-2H3,(H2,22,23,24). The van der Waals surface area contributed by atoms with Crippen LogP contribution >= 0.6 is 0 Å². The van der Waals surface area contributed by atoms with Crippen LogP contribution in [0.15, 0.2) is 35.3 Å². The van der Waals surface area contributed by atoms with Crippen LogP contribution in [0.2, 0.25) is 0 Å². The van der Waals surface area contributed by atoms with Gasteiger partial charge in [-0.25, -0.2) is 0 Å². The Hall–Kier alpha value is -2.24. The second kappa shape index (κ2) is 12.2. The molecule has 6 nitrogen and oxygen atoms in total. The van der Waals surface area contributed by atoms with Crippen LogP contribution in [0.3, 0.4) is 0 Å². The van der Waals surface area contributed by atoms with Gasteiger partial charge >= 0.3 is 5.97 Å². The molecule has 1 fully saturated rings. The zero-order valence-corrected chi connectivity index (χ0v) is 16.7. The molecule has 0 radical (unpaired) electrons. The number of para-hydroxylation sites is 1. The fraction of sp³-hybridized carbons (Fsp3) is 0.619. The molecule has 2 rings (SSSR count). The van der Waals surface area contributed by atoms with Crippen molar-refractivity contribution in [1.29, 1.82) is 0 Å². The predicted octanol–water partition coefficient (Wildman–Crippen LogP) is 2.94. The Balaban J connectivity index is 1.56. The highest BCUT2D eigenvalue weighted by Crippen LogP contribution is 2.19. The SMILES string of the molecule is CCOC(=O)CCCCCCNC(=NC)NC1CCN(c2ccccc2)C1. The zero-order valence-electron chi connectivity index (χ0n) is 16.7. The molecule has 27 heavy (non-hydrogen) atoms. The maximum absolute atomic E-state index is 11.3. The van der Waals surface area contributed by atoms with Crippen molar-refractivity contribution in [3.8, 4) is 0 Å². The van der Waals surface area contributed by atoms with E-state index < -0.39 is 0 Å². The van der Waals surface area contributed by atoms with Crippen molar-refractivity contribution in [2.45, 2.75) is 51.5 Å². The number of guanidine groups is 1. The van der Waals surface area contributed by atoms with Crippen LogP contribution in [0.1, 0.15) is 45.4 Å². The van der Waals surface area contributed by atoms with Crippen LogP contribution in [0, 0.1) is 0 Å². The van der Waals surface area contributed by atoms with E-state index in [0.29, 0.717) is 19.1 Å². The van der Waals surface area contributed by atoms with Gasteiger partial charge in [0.05, 0.1) is 6.61 Å². The second-order valence-corrected chi connectivity index (χ2v) is 6.88. The van der Waals surface area contributed by atoms with Crippen molar-refractivity contribution in [3.05, 3.63) is 30.3 Å². The summed E-state index contributed by atoms with van der Waals surface area (Å²) in [7, 11) is 1.82. The minimum absolute atomic E-state index is 0.0821. The molecule has 1 unspecified atom stereocenters.